The van der Waals surface area contributed by atoms with Crippen LogP contribution in [-0.2, 0) is 11.3 Å². The molecule has 3 aromatic rings. The fourth-order valence-corrected chi connectivity index (χ4v) is 4.86. The third kappa shape index (κ3) is 3.45. The number of rotatable bonds is 4. The number of halogens is 1. The molecule has 2 atom stereocenters. The number of likely N-dealkylation sites (N-methyl/N-ethyl adjacent to an activating group) is 2. The Balaban J connectivity index is 1.51. The number of aliphatic imine (C=N–C) groups is 1. The van der Waals surface area contributed by atoms with Gasteiger partial charge in [-0.1, -0.05) is 22.8 Å². The number of benzene rings is 1. The predicted molar refractivity (Wildman–Crippen MR) is 129 cm³/mol. The van der Waals surface area contributed by atoms with Crippen LogP contribution in [-0.4, -0.2) is 90.4 Å². The van der Waals surface area contributed by atoms with Gasteiger partial charge in [-0.2, -0.15) is 0 Å². The Morgan fingerprint density at radius 2 is 1.86 bits per heavy atom. The first-order valence-electron chi connectivity index (χ1n) is 10.8. The van der Waals surface area contributed by atoms with Gasteiger partial charge in [0, 0.05) is 42.5 Å². The van der Waals surface area contributed by atoms with E-state index in [0.717, 1.165) is 9.47 Å². The fraction of sp³-hybridized carbons (Fsp3) is 0.217. The summed E-state index contributed by atoms with van der Waals surface area (Å²) in [5, 5.41) is 23.8. The van der Waals surface area contributed by atoms with Crippen molar-refractivity contribution in [3.8, 4) is 0 Å². The largest absolute Gasteiger partial charge is 0.464 e. The number of pyridine rings is 1. The van der Waals surface area contributed by atoms with Gasteiger partial charge in [0.1, 0.15) is 0 Å². The van der Waals surface area contributed by atoms with Gasteiger partial charge in [-0.25, -0.2) is 19.1 Å². The predicted octanol–water partition coefficient (Wildman–Crippen LogP) is 2.53. The molecule has 2 aliphatic heterocycles. The topological polar surface area (TPSA) is 144 Å². The summed E-state index contributed by atoms with van der Waals surface area (Å²) >= 11 is 6.25. The quantitative estimate of drug-likeness (QED) is 0.312. The molecule has 4 heterocycles. The summed E-state index contributed by atoms with van der Waals surface area (Å²) in [6.07, 6.45) is 0.925. The minimum Gasteiger partial charge on any atom is -0.464 e. The lowest BCUT2D eigenvalue weighted by Gasteiger charge is -2.40. The third-order valence-electron chi connectivity index (χ3n) is 6.38. The lowest BCUT2D eigenvalue weighted by atomic mass is 10.1. The SMILES string of the molecule is CN1C(=O)N(Cc2cc3c(Cl)cccc3n2C(=O)O)C(=O)C2C1N=C(C(=NO)c1ccncc1)N2C. The molecule has 0 bridgehead atoms. The lowest BCUT2D eigenvalue weighted by molar-refractivity contribution is -0.137. The molecule has 0 radical (unpaired) electrons. The average molecular weight is 510 g/mol. The monoisotopic (exact) mass is 509 g/mol. The van der Waals surface area contributed by atoms with Crippen molar-refractivity contribution in [3.63, 3.8) is 0 Å². The van der Waals surface area contributed by atoms with Crippen molar-refractivity contribution in [2.75, 3.05) is 14.1 Å². The number of oxime groups is 1. The van der Waals surface area contributed by atoms with E-state index in [4.69, 9.17) is 11.6 Å². The smallest absolute Gasteiger partial charge is 0.416 e. The minimum atomic E-state index is -1.27. The Morgan fingerprint density at radius 3 is 2.53 bits per heavy atom. The van der Waals surface area contributed by atoms with Crippen molar-refractivity contribution in [1.82, 2.24) is 24.3 Å². The van der Waals surface area contributed by atoms with Crippen LogP contribution in [0.2, 0.25) is 5.02 Å². The zero-order valence-corrected chi connectivity index (χ0v) is 19.9. The van der Waals surface area contributed by atoms with Crippen LogP contribution < -0.4 is 0 Å². The van der Waals surface area contributed by atoms with Crippen LogP contribution in [0.4, 0.5) is 9.59 Å². The maximum atomic E-state index is 13.6. The van der Waals surface area contributed by atoms with Gasteiger partial charge in [0.15, 0.2) is 23.8 Å². The van der Waals surface area contributed by atoms with Gasteiger partial charge in [-0.3, -0.25) is 14.7 Å². The molecule has 2 aromatic heterocycles. The molecule has 1 fully saturated rings. The number of imide groups is 1. The molecule has 184 valence electrons. The number of urea groups is 1. The van der Waals surface area contributed by atoms with Crippen molar-refractivity contribution < 1.29 is 24.7 Å². The summed E-state index contributed by atoms with van der Waals surface area (Å²) in [6.45, 7) is -0.295. The van der Waals surface area contributed by atoms with Crippen LogP contribution in [0.15, 0.2) is 58.9 Å². The van der Waals surface area contributed by atoms with Crippen molar-refractivity contribution in [2.24, 2.45) is 10.1 Å². The Kier molecular flexibility index (Phi) is 5.59. The second-order valence-electron chi connectivity index (χ2n) is 8.35. The minimum absolute atomic E-state index is 0.121. The molecule has 0 aliphatic carbocycles. The number of hydrogen-bond acceptors (Lipinski definition) is 8. The van der Waals surface area contributed by atoms with Crippen LogP contribution in [0.25, 0.3) is 10.9 Å². The molecule has 12 nitrogen and oxygen atoms in total. The summed E-state index contributed by atoms with van der Waals surface area (Å²) < 4.78 is 1.01. The molecule has 1 aromatic carbocycles. The number of carbonyl (C=O) groups excluding carboxylic acids is 2. The van der Waals surface area contributed by atoms with E-state index in [-0.39, 0.29) is 23.8 Å². The van der Waals surface area contributed by atoms with E-state index in [2.05, 4.69) is 15.1 Å². The standard InChI is InChI=1S/C23H20ClN7O5/c1-28-18-20(26-19(28)17(27-36)12-6-8-25-9-7-12)29(2)22(33)30(21(18)32)11-13-10-14-15(24)4-3-5-16(14)31(13)23(34)35/h3-10,18,20,36H,11H2,1-2H3,(H,34,35). The van der Waals surface area contributed by atoms with Crippen LogP contribution >= 0.6 is 11.6 Å². The first-order valence-corrected chi connectivity index (χ1v) is 11.2. The summed E-state index contributed by atoms with van der Waals surface area (Å²) in [7, 11) is 3.12. The third-order valence-corrected chi connectivity index (χ3v) is 6.71. The molecular weight excluding hydrogens is 490 g/mol. The highest BCUT2D eigenvalue weighted by Gasteiger charge is 2.52. The summed E-state index contributed by atoms with van der Waals surface area (Å²) in [5.41, 5.74) is 1.20. The van der Waals surface area contributed by atoms with Gasteiger partial charge in [-0.15, -0.1) is 0 Å². The summed E-state index contributed by atoms with van der Waals surface area (Å²) in [4.78, 5) is 51.2. The van der Waals surface area contributed by atoms with E-state index < -0.39 is 30.2 Å². The molecule has 13 heteroatoms. The normalized spacial score (nSPS) is 20.2. The highest BCUT2D eigenvalue weighted by Crippen LogP contribution is 2.31. The molecular formula is C23H20ClN7O5. The van der Waals surface area contributed by atoms with E-state index in [1.807, 2.05) is 0 Å². The number of hydrogen-bond donors (Lipinski definition) is 2. The first-order chi connectivity index (χ1) is 17.2. The van der Waals surface area contributed by atoms with E-state index in [0.29, 0.717) is 21.5 Å². The van der Waals surface area contributed by atoms with Crippen molar-refractivity contribution in [1.29, 1.82) is 0 Å². The Morgan fingerprint density at radius 1 is 1.14 bits per heavy atom. The van der Waals surface area contributed by atoms with Gasteiger partial charge in [0.2, 0.25) is 0 Å². The van der Waals surface area contributed by atoms with E-state index in [1.165, 1.54) is 24.3 Å². The molecule has 0 spiro atoms. The maximum absolute atomic E-state index is 13.6. The van der Waals surface area contributed by atoms with Crippen molar-refractivity contribution in [2.45, 2.75) is 18.8 Å². The van der Waals surface area contributed by atoms with Crippen LogP contribution in [0.1, 0.15) is 11.3 Å². The van der Waals surface area contributed by atoms with Gasteiger partial charge >= 0.3 is 12.1 Å². The second kappa shape index (κ2) is 8.64. The van der Waals surface area contributed by atoms with Gasteiger partial charge in [0.05, 0.1) is 17.8 Å². The second-order valence-corrected chi connectivity index (χ2v) is 8.76. The number of carboxylic acid groups (broad SMARTS) is 1. The molecule has 0 saturated carbocycles. The molecule has 5 rings (SSSR count). The van der Waals surface area contributed by atoms with Crippen molar-refractivity contribution >= 4 is 52.1 Å². The highest BCUT2D eigenvalue weighted by molar-refractivity contribution is 6.48. The van der Waals surface area contributed by atoms with Crippen LogP contribution in [0, 0.1) is 0 Å². The van der Waals surface area contributed by atoms with E-state index >= 15 is 0 Å². The molecule has 2 unspecified atom stereocenters. The number of aromatic nitrogens is 2. The average Bonchev–Trinajstić information content (AvgIpc) is 3.41. The van der Waals surface area contributed by atoms with Crippen LogP contribution in [0.3, 0.4) is 0 Å². The molecule has 36 heavy (non-hydrogen) atoms. The number of carbonyl (C=O) groups is 3. The number of amides is 3. The maximum Gasteiger partial charge on any atom is 0.416 e. The number of amidine groups is 1. The van der Waals surface area contributed by atoms with E-state index in [9.17, 15) is 24.7 Å². The molecule has 2 N–H and O–H groups in total. The summed E-state index contributed by atoms with van der Waals surface area (Å²) in [6, 6.07) is 8.12. The first kappa shape index (κ1) is 23.3. The number of fused-ring (bicyclic) bond motifs is 2. The van der Waals surface area contributed by atoms with Crippen molar-refractivity contribution in [3.05, 3.63) is 65.1 Å². The van der Waals surface area contributed by atoms with Gasteiger partial charge in [-0.05, 0) is 30.3 Å². The van der Waals surface area contributed by atoms with Crippen LogP contribution in [0.5, 0.6) is 0 Å². The molecule has 2 aliphatic rings. The fourth-order valence-electron chi connectivity index (χ4n) is 4.64. The van der Waals surface area contributed by atoms with E-state index in [1.54, 1.807) is 48.3 Å². The Hall–Kier alpha value is -4.45. The lowest BCUT2D eigenvalue weighted by Crippen LogP contribution is -2.64. The summed E-state index contributed by atoms with van der Waals surface area (Å²) in [5.74, 6) is -0.343. The zero-order chi connectivity index (χ0) is 25.7. The Bertz CT molecular complexity index is 1470. The molecule has 1 saturated heterocycles. The Labute approximate surface area is 209 Å². The highest BCUT2D eigenvalue weighted by atomic mass is 35.5. The van der Waals surface area contributed by atoms with Gasteiger partial charge < -0.3 is 20.1 Å². The van der Waals surface area contributed by atoms with Gasteiger partial charge in [0.25, 0.3) is 5.91 Å². The number of nitrogens with zero attached hydrogens (tertiary/aromatic N) is 7. The molecule has 3 amide bonds. The zero-order valence-electron chi connectivity index (χ0n) is 19.1.